The molecule has 0 aliphatic carbocycles. The van der Waals surface area contributed by atoms with E-state index < -0.39 is 0 Å². The summed E-state index contributed by atoms with van der Waals surface area (Å²) in [6.07, 6.45) is 0. The van der Waals surface area contributed by atoms with Gasteiger partial charge in [-0.1, -0.05) is 0 Å². The molecule has 10 nitrogen and oxygen atoms in total. The zero-order valence-electron chi connectivity index (χ0n) is 17.1. The molecule has 0 saturated carbocycles. The Balaban J connectivity index is 1.21. The number of ether oxygens (including phenoxy) is 3. The number of carbonyl (C=O) groups excluding carboxylic acids is 1. The minimum Gasteiger partial charge on any atom is -0.497 e. The second kappa shape index (κ2) is 8.23. The van der Waals surface area contributed by atoms with Gasteiger partial charge in [0.1, 0.15) is 5.75 Å². The smallest absolute Gasteiger partial charge is 0.254 e. The number of hydrogen-bond donors (Lipinski definition) is 0. The third-order valence-corrected chi connectivity index (χ3v) is 5.50. The molecule has 2 aromatic carbocycles. The van der Waals surface area contributed by atoms with Crippen molar-refractivity contribution >= 4 is 5.91 Å². The van der Waals surface area contributed by atoms with Gasteiger partial charge in [-0.3, -0.25) is 9.69 Å². The lowest BCUT2D eigenvalue weighted by Gasteiger charge is -2.34. The summed E-state index contributed by atoms with van der Waals surface area (Å²) < 4.78 is 17.6. The van der Waals surface area contributed by atoms with Crippen LogP contribution in [0.3, 0.4) is 0 Å². The van der Waals surface area contributed by atoms with Crippen LogP contribution in [0.5, 0.6) is 17.2 Å². The lowest BCUT2D eigenvalue weighted by atomic mass is 10.1. The van der Waals surface area contributed by atoms with E-state index in [0.29, 0.717) is 36.7 Å². The molecule has 0 N–H and O–H groups in total. The summed E-state index contributed by atoms with van der Waals surface area (Å²) in [4.78, 5) is 17.0. The Kier molecular flexibility index (Phi) is 5.13. The van der Waals surface area contributed by atoms with Gasteiger partial charge in [0.25, 0.3) is 5.91 Å². The van der Waals surface area contributed by atoms with Crippen LogP contribution < -0.4 is 14.2 Å². The molecule has 3 heterocycles. The molecule has 1 fully saturated rings. The number of carbonyl (C=O) groups is 1. The van der Waals surface area contributed by atoms with E-state index in [0.717, 1.165) is 30.4 Å². The van der Waals surface area contributed by atoms with Crippen LogP contribution in [0.25, 0.3) is 5.69 Å². The summed E-state index contributed by atoms with van der Waals surface area (Å²) >= 11 is 0. The first kappa shape index (κ1) is 19.3. The highest BCUT2D eigenvalue weighted by atomic mass is 16.7. The minimum atomic E-state index is 0.000941. The number of rotatable bonds is 5. The molecule has 0 radical (unpaired) electrons. The van der Waals surface area contributed by atoms with Crippen LogP contribution in [-0.4, -0.2) is 76.0 Å². The molecule has 5 rings (SSSR count). The predicted molar refractivity (Wildman–Crippen MR) is 109 cm³/mol. The first-order chi connectivity index (χ1) is 15.2. The first-order valence-corrected chi connectivity index (χ1v) is 10.0. The second-order valence-electron chi connectivity index (χ2n) is 7.34. The molecule has 0 unspecified atom stereocenters. The van der Waals surface area contributed by atoms with E-state index in [4.69, 9.17) is 14.2 Å². The fraction of sp³-hybridized carbons (Fsp3) is 0.333. The van der Waals surface area contributed by atoms with Crippen molar-refractivity contribution in [2.75, 3.05) is 40.1 Å². The van der Waals surface area contributed by atoms with E-state index in [2.05, 4.69) is 20.4 Å². The van der Waals surface area contributed by atoms with Crippen molar-refractivity contribution in [1.29, 1.82) is 0 Å². The Hall–Kier alpha value is -3.66. The van der Waals surface area contributed by atoms with Crippen LogP contribution in [0.1, 0.15) is 16.2 Å². The number of aromatic nitrogens is 4. The Morgan fingerprint density at radius 1 is 1.03 bits per heavy atom. The number of methoxy groups -OCH3 is 1. The highest BCUT2D eigenvalue weighted by Gasteiger charge is 2.25. The van der Waals surface area contributed by atoms with Gasteiger partial charge >= 0.3 is 0 Å². The van der Waals surface area contributed by atoms with E-state index in [1.165, 1.54) is 0 Å². The summed E-state index contributed by atoms with van der Waals surface area (Å²) in [6.45, 7) is 3.55. The van der Waals surface area contributed by atoms with Crippen molar-refractivity contribution in [3.05, 3.63) is 53.9 Å². The Morgan fingerprint density at radius 3 is 2.58 bits per heavy atom. The maximum atomic E-state index is 12.9. The molecule has 1 aromatic heterocycles. The van der Waals surface area contributed by atoms with E-state index >= 15 is 0 Å². The van der Waals surface area contributed by atoms with Gasteiger partial charge in [0, 0.05) is 31.7 Å². The van der Waals surface area contributed by atoms with E-state index in [1.807, 2.05) is 29.2 Å². The highest BCUT2D eigenvalue weighted by Crippen LogP contribution is 2.32. The van der Waals surface area contributed by atoms with Crippen LogP contribution in [-0.2, 0) is 6.54 Å². The lowest BCUT2D eigenvalue weighted by Crippen LogP contribution is -2.48. The van der Waals surface area contributed by atoms with Crippen LogP contribution in [0.2, 0.25) is 0 Å². The van der Waals surface area contributed by atoms with Gasteiger partial charge in [-0.25, -0.2) is 0 Å². The fourth-order valence-electron chi connectivity index (χ4n) is 3.75. The molecule has 0 bridgehead atoms. The SMILES string of the molecule is COc1ccc(-n2nnnc2CN2CCN(C(=O)c3ccc4c(c3)OCO4)CC2)cc1. The second-order valence-corrected chi connectivity index (χ2v) is 7.34. The summed E-state index contributed by atoms with van der Waals surface area (Å²) in [5, 5.41) is 12.1. The third-order valence-electron chi connectivity index (χ3n) is 5.50. The van der Waals surface area contributed by atoms with Crippen LogP contribution in [0.15, 0.2) is 42.5 Å². The molecular formula is C21H22N6O4. The average Bonchev–Trinajstić information content (AvgIpc) is 3.48. The maximum absolute atomic E-state index is 12.9. The van der Waals surface area contributed by atoms with Crippen LogP contribution in [0, 0.1) is 0 Å². The Labute approximate surface area is 178 Å². The number of hydrogen-bond acceptors (Lipinski definition) is 8. The van der Waals surface area contributed by atoms with Crippen molar-refractivity contribution in [2.45, 2.75) is 6.54 Å². The number of amides is 1. The van der Waals surface area contributed by atoms with Crippen LogP contribution in [0.4, 0.5) is 0 Å². The highest BCUT2D eigenvalue weighted by molar-refractivity contribution is 5.95. The number of benzene rings is 2. The first-order valence-electron chi connectivity index (χ1n) is 10.0. The standard InChI is InChI=1S/C21H22N6O4/c1-29-17-5-3-16(4-6-17)27-20(22-23-24-27)13-25-8-10-26(11-9-25)21(28)15-2-7-18-19(12-15)31-14-30-18/h2-7,12H,8-11,13-14H2,1H3. The quantitative estimate of drug-likeness (QED) is 0.608. The zero-order chi connectivity index (χ0) is 21.2. The molecule has 0 spiro atoms. The van der Waals surface area contributed by atoms with Crippen molar-refractivity contribution < 1.29 is 19.0 Å². The fourth-order valence-corrected chi connectivity index (χ4v) is 3.75. The van der Waals surface area contributed by atoms with Crippen molar-refractivity contribution in [3.63, 3.8) is 0 Å². The van der Waals surface area contributed by atoms with Gasteiger partial charge in [0.05, 0.1) is 19.3 Å². The minimum absolute atomic E-state index is 0.000941. The molecule has 0 atom stereocenters. The van der Waals surface area contributed by atoms with Gasteiger partial charge < -0.3 is 19.1 Å². The van der Waals surface area contributed by atoms with Gasteiger partial charge in [-0.2, -0.15) is 4.68 Å². The lowest BCUT2D eigenvalue weighted by molar-refractivity contribution is 0.0624. The summed E-state index contributed by atoms with van der Waals surface area (Å²) in [6, 6.07) is 12.9. The molecule has 2 aliphatic rings. The van der Waals surface area contributed by atoms with Crippen molar-refractivity contribution in [3.8, 4) is 22.9 Å². The maximum Gasteiger partial charge on any atom is 0.254 e. The third kappa shape index (κ3) is 3.89. The summed E-state index contributed by atoms with van der Waals surface area (Å²) in [5.41, 5.74) is 1.48. The van der Waals surface area contributed by atoms with E-state index in [1.54, 1.807) is 30.0 Å². The molecular weight excluding hydrogens is 400 g/mol. The number of tetrazole rings is 1. The predicted octanol–water partition coefficient (Wildman–Crippen LogP) is 1.36. The van der Waals surface area contributed by atoms with E-state index in [9.17, 15) is 4.79 Å². The monoisotopic (exact) mass is 422 g/mol. The Bertz CT molecular complexity index is 1080. The molecule has 1 saturated heterocycles. The number of piperazine rings is 1. The van der Waals surface area contributed by atoms with Gasteiger partial charge in [-0.15, -0.1) is 5.10 Å². The summed E-state index contributed by atoms with van der Waals surface area (Å²) in [7, 11) is 1.63. The normalized spacial score (nSPS) is 15.8. The molecule has 10 heteroatoms. The average molecular weight is 422 g/mol. The molecule has 1 amide bonds. The summed E-state index contributed by atoms with van der Waals surface area (Å²) in [5.74, 6) is 2.83. The molecule has 2 aliphatic heterocycles. The molecule has 31 heavy (non-hydrogen) atoms. The van der Waals surface area contributed by atoms with Gasteiger partial charge in [0.2, 0.25) is 6.79 Å². The number of fused-ring (bicyclic) bond motifs is 1. The topological polar surface area (TPSA) is 94.8 Å². The van der Waals surface area contributed by atoms with Crippen molar-refractivity contribution in [2.24, 2.45) is 0 Å². The Morgan fingerprint density at radius 2 is 1.81 bits per heavy atom. The number of nitrogens with zero attached hydrogens (tertiary/aromatic N) is 6. The van der Waals surface area contributed by atoms with Crippen molar-refractivity contribution in [1.82, 2.24) is 30.0 Å². The zero-order valence-corrected chi connectivity index (χ0v) is 17.1. The van der Waals surface area contributed by atoms with E-state index in [-0.39, 0.29) is 12.7 Å². The van der Waals surface area contributed by atoms with Gasteiger partial charge in [-0.05, 0) is 52.9 Å². The van der Waals surface area contributed by atoms with Gasteiger partial charge in [0.15, 0.2) is 17.3 Å². The largest absolute Gasteiger partial charge is 0.497 e. The van der Waals surface area contributed by atoms with Crippen LogP contribution >= 0.6 is 0 Å². The molecule has 160 valence electrons. The molecule has 3 aromatic rings.